The molecule has 2 rings (SSSR count). The Bertz CT molecular complexity index is 489. The molecule has 0 spiro atoms. The molecule has 2 heteroatoms. The van der Waals surface area contributed by atoms with Crippen LogP contribution in [0.1, 0.15) is 12.5 Å². The molecule has 0 unspecified atom stereocenters. The van der Waals surface area contributed by atoms with Gasteiger partial charge < -0.3 is 5.32 Å². The minimum Gasteiger partial charge on any atom is -0.340 e. The molecule has 0 aliphatic carbocycles. The van der Waals surface area contributed by atoms with Crippen LogP contribution in [0.5, 0.6) is 0 Å². The molecule has 16 heavy (non-hydrogen) atoms. The van der Waals surface area contributed by atoms with E-state index >= 15 is 0 Å². The van der Waals surface area contributed by atoms with Crippen molar-refractivity contribution in [3.63, 3.8) is 0 Å². The molecule has 1 N–H and O–H groups in total. The van der Waals surface area contributed by atoms with Crippen LogP contribution >= 0.6 is 0 Å². The first kappa shape index (κ1) is 10.4. The number of para-hydroxylation sites is 1. The highest BCUT2D eigenvalue weighted by Gasteiger charge is 2.02. The second-order valence-electron chi connectivity index (χ2n) is 3.67. The van der Waals surface area contributed by atoms with Gasteiger partial charge in [0, 0.05) is 17.4 Å². The molecule has 0 radical (unpaired) electrons. The molecule has 1 aromatic heterocycles. The summed E-state index contributed by atoms with van der Waals surface area (Å²) in [6, 6.07) is 13.9. The number of aromatic nitrogens is 1. The molecule has 0 aliphatic rings. The zero-order valence-corrected chi connectivity index (χ0v) is 9.27. The van der Waals surface area contributed by atoms with Crippen molar-refractivity contribution in [2.45, 2.75) is 6.92 Å². The van der Waals surface area contributed by atoms with Crippen LogP contribution in [-0.4, -0.2) is 4.98 Å². The maximum Gasteiger partial charge on any atom is 0.130 e. The molecule has 1 aromatic carbocycles. The van der Waals surface area contributed by atoms with Crippen molar-refractivity contribution in [2.24, 2.45) is 0 Å². The van der Waals surface area contributed by atoms with E-state index in [0.717, 1.165) is 22.6 Å². The van der Waals surface area contributed by atoms with Gasteiger partial charge in [0.05, 0.1) is 0 Å². The number of allylic oxidation sites excluding steroid dienone is 1. The van der Waals surface area contributed by atoms with Crippen LogP contribution in [-0.2, 0) is 0 Å². The fourth-order valence-corrected chi connectivity index (χ4v) is 1.54. The summed E-state index contributed by atoms with van der Waals surface area (Å²) in [5.74, 6) is 0.844. The van der Waals surface area contributed by atoms with Crippen LogP contribution in [0.4, 0.5) is 11.5 Å². The number of hydrogen-bond donors (Lipinski definition) is 1. The fraction of sp³-hybridized carbons (Fsp3) is 0.0714. The van der Waals surface area contributed by atoms with Crippen molar-refractivity contribution < 1.29 is 0 Å². The van der Waals surface area contributed by atoms with E-state index in [9.17, 15) is 0 Å². The minimum atomic E-state index is 0.844. The Hall–Kier alpha value is -2.09. The molecule has 0 fully saturated rings. The SMILES string of the molecule is C=C(C)c1ccccc1Nc1ccccn1. The van der Waals surface area contributed by atoms with E-state index in [1.807, 2.05) is 49.4 Å². The molecule has 0 bridgehead atoms. The Morgan fingerprint density at radius 2 is 1.88 bits per heavy atom. The Kier molecular flexibility index (Phi) is 3.01. The summed E-state index contributed by atoms with van der Waals surface area (Å²) in [6.07, 6.45) is 1.77. The summed E-state index contributed by atoms with van der Waals surface area (Å²) in [5.41, 5.74) is 3.20. The molecule has 80 valence electrons. The van der Waals surface area contributed by atoms with Crippen molar-refractivity contribution in [1.82, 2.24) is 4.98 Å². The summed E-state index contributed by atoms with van der Waals surface area (Å²) in [6.45, 7) is 5.97. The lowest BCUT2D eigenvalue weighted by Gasteiger charge is -2.10. The number of rotatable bonds is 3. The predicted molar refractivity (Wildman–Crippen MR) is 68.7 cm³/mol. The first-order chi connectivity index (χ1) is 7.77. The van der Waals surface area contributed by atoms with Crippen molar-refractivity contribution in [3.05, 3.63) is 60.8 Å². The van der Waals surface area contributed by atoms with Gasteiger partial charge in [0.2, 0.25) is 0 Å². The van der Waals surface area contributed by atoms with Crippen molar-refractivity contribution in [1.29, 1.82) is 0 Å². The van der Waals surface area contributed by atoms with E-state index in [1.165, 1.54) is 0 Å². The Morgan fingerprint density at radius 1 is 1.12 bits per heavy atom. The summed E-state index contributed by atoms with van der Waals surface area (Å²) in [5, 5.41) is 3.28. The minimum absolute atomic E-state index is 0.844. The van der Waals surface area contributed by atoms with Crippen LogP contribution in [0.25, 0.3) is 5.57 Å². The Morgan fingerprint density at radius 3 is 2.56 bits per heavy atom. The van der Waals surface area contributed by atoms with Gasteiger partial charge >= 0.3 is 0 Å². The standard InChI is InChI=1S/C14H14N2/c1-11(2)12-7-3-4-8-13(12)16-14-9-5-6-10-15-14/h3-10H,1H2,2H3,(H,15,16). The third kappa shape index (κ3) is 2.28. The third-order valence-corrected chi connectivity index (χ3v) is 2.31. The first-order valence-electron chi connectivity index (χ1n) is 5.20. The molecular formula is C14H14N2. The molecular weight excluding hydrogens is 196 g/mol. The Labute approximate surface area is 95.7 Å². The summed E-state index contributed by atoms with van der Waals surface area (Å²) >= 11 is 0. The molecule has 0 amide bonds. The van der Waals surface area contributed by atoms with Gasteiger partial charge in [-0.3, -0.25) is 0 Å². The van der Waals surface area contributed by atoms with Gasteiger partial charge in [-0.15, -0.1) is 0 Å². The zero-order chi connectivity index (χ0) is 11.4. The van der Waals surface area contributed by atoms with Gasteiger partial charge in [-0.2, -0.15) is 0 Å². The number of benzene rings is 1. The normalized spacial score (nSPS) is 9.81. The van der Waals surface area contributed by atoms with Gasteiger partial charge in [0.1, 0.15) is 5.82 Å². The molecule has 0 saturated heterocycles. The molecule has 0 saturated carbocycles. The summed E-state index contributed by atoms with van der Waals surface area (Å²) < 4.78 is 0. The van der Waals surface area contributed by atoms with Crippen molar-refractivity contribution in [2.75, 3.05) is 5.32 Å². The monoisotopic (exact) mass is 210 g/mol. The summed E-state index contributed by atoms with van der Waals surface area (Å²) in [4.78, 5) is 4.23. The highest BCUT2D eigenvalue weighted by molar-refractivity contribution is 5.76. The molecule has 0 atom stereocenters. The number of pyridine rings is 1. The highest BCUT2D eigenvalue weighted by atomic mass is 15.0. The second-order valence-corrected chi connectivity index (χ2v) is 3.67. The highest BCUT2D eigenvalue weighted by Crippen LogP contribution is 2.24. The van der Waals surface area contributed by atoms with Crippen molar-refractivity contribution >= 4 is 17.1 Å². The Balaban J connectivity index is 2.31. The van der Waals surface area contributed by atoms with Crippen LogP contribution < -0.4 is 5.32 Å². The average molecular weight is 210 g/mol. The molecule has 1 heterocycles. The van der Waals surface area contributed by atoms with E-state index in [0.29, 0.717) is 0 Å². The maximum atomic E-state index is 4.23. The number of nitrogens with one attached hydrogen (secondary N) is 1. The quantitative estimate of drug-likeness (QED) is 0.832. The zero-order valence-electron chi connectivity index (χ0n) is 9.27. The van der Waals surface area contributed by atoms with Gasteiger partial charge in [0.15, 0.2) is 0 Å². The predicted octanol–water partition coefficient (Wildman–Crippen LogP) is 3.86. The molecule has 2 aromatic rings. The fourth-order valence-electron chi connectivity index (χ4n) is 1.54. The van der Waals surface area contributed by atoms with Crippen LogP contribution in [0, 0.1) is 0 Å². The van der Waals surface area contributed by atoms with Gasteiger partial charge in [-0.1, -0.05) is 30.8 Å². The van der Waals surface area contributed by atoms with E-state index in [2.05, 4.69) is 16.9 Å². The van der Waals surface area contributed by atoms with E-state index in [-0.39, 0.29) is 0 Å². The topological polar surface area (TPSA) is 24.9 Å². The molecule has 2 nitrogen and oxygen atoms in total. The third-order valence-electron chi connectivity index (χ3n) is 2.31. The maximum absolute atomic E-state index is 4.23. The molecule has 0 aliphatic heterocycles. The van der Waals surface area contributed by atoms with Crippen molar-refractivity contribution in [3.8, 4) is 0 Å². The van der Waals surface area contributed by atoms with Crippen LogP contribution in [0.2, 0.25) is 0 Å². The van der Waals surface area contributed by atoms with Gasteiger partial charge in [-0.05, 0) is 30.7 Å². The van der Waals surface area contributed by atoms with Gasteiger partial charge in [-0.25, -0.2) is 4.98 Å². The number of hydrogen-bond acceptors (Lipinski definition) is 2. The number of anilines is 2. The smallest absolute Gasteiger partial charge is 0.130 e. The summed E-state index contributed by atoms with van der Waals surface area (Å²) in [7, 11) is 0. The second kappa shape index (κ2) is 4.62. The lowest BCUT2D eigenvalue weighted by Crippen LogP contribution is -1.95. The van der Waals surface area contributed by atoms with Crippen LogP contribution in [0.3, 0.4) is 0 Å². The lowest BCUT2D eigenvalue weighted by molar-refractivity contribution is 1.30. The number of nitrogens with zero attached hydrogens (tertiary/aromatic N) is 1. The van der Waals surface area contributed by atoms with E-state index in [1.54, 1.807) is 6.20 Å². The van der Waals surface area contributed by atoms with Crippen LogP contribution in [0.15, 0.2) is 55.2 Å². The average Bonchev–Trinajstić information content (AvgIpc) is 2.31. The van der Waals surface area contributed by atoms with Gasteiger partial charge in [0.25, 0.3) is 0 Å². The first-order valence-corrected chi connectivity index (χ1v) is 5.20. The van der Waals surface area contributed by atoms with E-state index in [4.69, 9.17) is 0 Å². The lowest BCUT2D eigenvalue weighted by atomic mass is 10.1. The van der Waals surface area contributed by atoms with E-state index < -0.39 is 0 Å². The largest absolute Gasteiger partial charge is 0.340 e.